The fraction of sp³-hybridized carbons (Fsp3) is 0.800. The monoisotopic (exact) mass is 340 g/mol. The van der Waals surface area contributed by atoms with Crippen molar-refractivity contribution in [1.82, 2.24) is 0 Å². The molecule has 0 spiro atoms. The Bertz CT molecular complexity index is 329. The van der Waals surface area contributed by atoms with Gasteiger partial charge in [-0.2, -0.15) is 0 Å². The Morgan fingerprint density at radius 1 is 0.708 bits per heavy atom. The Morgan fingerprint density at radius 2 is 1.08 bits per heavy atom. The van der Waals surface area contributed by atoms with Crippen LogP contribution in [-0.4, -0.2) is 24.1 Å². The van der Waals surface area contributed by atoms with E-state index in [0.717, 1.165) is 64.2 Å². The van der Waals surface area contributed by atoms with Gasteiger partial charge in [0.05, 0.1) is 0 Å². The molecular formula is C20H36O4. The molecule has 0 amide bonds. The summed E-state index contributed by atoms with van der Waals surface area (Å²) in [7, 11) is 0. The van der Waals surface area contributed by atoms with Crippen molar-refractivity contribution in [3.05, 3.63) is 12.2 Å². The second-order valence-electron chi connectivity index (χ2n) is 6.26. The Labute approximate surface area is 148 Å². The molecule has 0 saturated heterocycles. The summed E-state index contributed by atoms with van der Waals surface area (Å²) in [6, 6.07) is 0. The van der Waals surface area contributed by atoms with Crippen LogP contribution in [0.15, 0.2) is 12.2 Å². The number of rotatable bonds is 14. The second-order valence-corrected chi connectivity index (χ2v) is 6.26. The van der Waals surface area contributed by atoms with Crippen molar-refractivity contribution in [1.29, 1.82) is 0 Å². The Balaban J connectivity index is 4.18. The SMILES string of the molecule is CCCCCC(CC)OC(=O)/C=C/C(=O)OC(CC)CCCCC. The maximum atomic E-state index is 11.8. The second kappa shape index (κ2) is 15.2. The van der Waals surface area contributed by atoms with Gasteiger partial charge >= 0.3 is 11.9 Å². The van der Waals surface area contributed by atoms with Gasteiger partial charge in [0.25, 0.3) is 0 Å². The highest BCUT2D eigenvalue weighted by Gasteiger charge is 2.12. The lowest BCUT2D eigenvalue weighted by Crippen LogP contribution is -2.18. The molecular weight excluding hydrogens is 304 g/mol. The van der Waals surface area contributed by atoms with Crippen LogP contribution in [0.5, 0.6) is 0 Å². The first kappa shape index (κ1) is 22.7. The molecule has 2 atom stereocenters. The van der Waals surface area contributed by atoms with Crippen LogP contribution < -0.4 is 0 Å². The molecule has 0 aliphatic heterocycles. The molecule has 0 aliphatic carbocycles. The number of unbranched alkanes of at least 4 members (excludes halogenated alkanes) is 4. The molecule has 0 aromatic heterocycles. The minimum atomic E-state index is -0.464. The molecule has 0 fully saturated rings. The molecule has 0 aromatic rings. The molecule has 0 rings (SSSR count). The van der Waals surface area contributed by atoms with Crippen molar-refractivity contribution in [2.45, 2.75) is 104 Å². The van der Waals surface area contributed by atoms with Gasteiger partial charge in [0, 0.05) is 12.2 Å². The van der Waals surface area contributed by atoms with Gasteiger partial charge in [-0.15, -0.1) is 0 Å². The van der Waals surface area contributed by atoms with Crippen molar-refractivity contribution in [2.24, 2.45) is 0 Å². The third-order valence-corrected chi connectivity index (χ3v) is 4.09. The van der Waals surface area contributed by atoms with Crippen LogP contribution in [-0.2, 0) is 19.1 Å². The van der Waals surface area contributed by atoms with Gasteiger partial charge in [0.2, 0.25) is 0 Å². The van der Waals surface area contributed by atoms with Crippen LogP contribution in [0, 0.1) is 0 Å². The minimum Gasteiger partial charge on any atom is -0.459 e. The Hall–Kier alpha value is -1.32. The summed E-state index contributed by atoms with van der Waals surface area (Å²) >= 11 is 0. The molecule has 4 nitrogen and oxygen atoms in total. The minimum absolute atomic E-state index is 0.0674. The zero-order valence-electron chi connectivity index (χ0n) is 16.0. The smallest absolute Gasteiger partial charge is 0.331 e. The van der Waals surface area contributed by atoms with Crippen LogP contribution in [0.4, 0.5) is 0 Å². The van der Waals surface area contributed by atoms with Crippen LogP contribution >= 0.6 is 0 Å². The number of hydrogen-bond donors (Lipinski definition) is 0. The number of esters is 2. The highest BCUT2D eigenvalue weighted by Crippen LogP contribution is 2.12. The molecule has 2 unspecified atom stereocenters. The van der Waals surface area contributed by atoms with E-state index in [1.54, 1.807) is 0 Å². The largest absolute Gasteiger partial charge is 0.459 e. The molecule has 140 valence electrons. The summed E-state index contributed by atoms with van der Waals surface area (Å²) in [5, 5.41) is 0. The van der Waals surface area contributed by atoms with Gasteiger partial charge in [0.15, 0.2) is 0 Å². The number of hydrogen-bond acceptors (Lipinski definition) is 4. The van der Waals surface area contributed by atoms with E-state index < -0.39 is 11.9 Å². The van der Waals surface area contributed by atoms with Gasteiger partial charge in [0.1, 0.15) is 12.2 Å². The van der Waals surface area contributed by atoms with Crippen molar-refractivity contribution < 1.29 is 19.1 Å². The fourth-order valence-electron chi connectivity index (χ4n) is 2.48. The average Bonchev–Trinajstić information content (AvgIpc) is 2.58. The molecule has 4 heteroatoms. The van der Waals surface area contributed by atoms with Crippen LogP contribution in [0.3, 0.4) is 0 Å². The van der Waals surface area contributed by atoms with Gasteiger partial charge in [-0.25, -0.2) is 9.59 Å². The number of ether oxygens (including phenoxy) is 2. The molecule has 0 saturated carbocycles. The molecule has 0 bridgehead atoms. The predicted octanol–water partition coefficient (Wildman–Crippen LogP) is 5.35. The van der Waals surface area contributed by atoms with Crippen LogP contribution in [0.25, 0.3) is 0 Å². The third-order valence-electron chi connectivity index (χ3n) is 4.09. The molecule has 0 heterocycles. The van der Waals surface area contributed by atoms with E-state index in [9.17, 15) is 9.59 Å². The van der Waals surface area contributed by atoms with E-state index in [-0.39, 0.29) is 12.2 Å². The summed E-state index contributed by atoms with van der Waals surface area (Å²) in [6.07, 6.45) is 12.3. The highest BCUT2D eigenvalue weighted by atomic mass is 16.5. The zero-order chi connectivity index (χ0) is 18.2. The maximum Gasteiger partial charge on any atom is 0.331 e. The van der Waals surface area contributed by atoms with Crippen molar-refractivity contribution in [3.8, 4) is 0 Å². The zero-order valence-corrected chi connectivity index (χ0v) is 16.0. The maximum absolute atomic E-state index is 11.8. The number of carbonyl (C=O) groups excluding carboxylic acids is 2. The molecule has 24 heavy (non-hydrogen) atoms. The first-order valence-electron chi connectivity index (χ1n) is 9.66. The Kier molecular flexibility index (Phi) is 14.4. The van der Waals surface area contributed by atoms with Gasteiger partial charge in [-0.3, -0.25) is 0 Å². The molecule has 0 radical (unpaired) electrons. The topological polar surface area (TPSA) is 52.6 Å². The van der Waals surface area contributed by atoms with Gasteiger partial charge in [-0.05, 0) is 38.5 Å². The normalized spacial score (nSPS) is 13.7. The molecule has 0 aromatic carbocycles. The average molecular weight is 341 g/mol. The summed E-state index contributed by atoms with van der Waals surface area (Å²) in [5.41, 5.74) is 0. The standard InChI is InChI=1S/C20H36O4/c1-5-9-11-13-17(7-3)23-19(21)15-16-20(22)24-18(8-4)14-12-10-6-2/h15-18H,5-14H2,1-4H3/b16-15+. The van der Waals surface area contributed by atoms with E-state index in [0.29, 0.717) is 0 Å². The van der Waals surface area contributed by atoms with E-state index >= 15 is 0 Å². The molecule has 0 aliphatic rings. The lowest BCUT2D eigenvalue weighted by atomic mass is 10.1. The van der Waals surface area contributed by atoms with E-state index in [1.807, 2.05) is 13.8 Å². The van der Waals surface area contributed by atoms with Crippen LogP contribution in [0.2, 0.25) is 0 Å². The van der Waals surface area contributed by atoms with Gasteiger partial charge in [-0.1, -0.05) is 53.4 Å². The van der Waals surface area contributed by atoms with E-state index in [4.69, 9.17) is 9.47 Å². The van der Waals surface area contributed by atoms with Crippen molar-refractivity contribution >= 4 is 11.9 Å². The first-order chi connectivity index (χ1) is 11.6. The Morgan fingerprint density at radius 3 is 1.38 bits per heavy atom. The van der Waals surface area contributed by atoms with Crippen molar-refractivity contribution in [2.75, 3.05) is 0 Å². The lowest BCUT2D eigenvalue weighted by Gasteiger charge is -2.15. The first-order valence-corrected chi connectivity index (χ1v) is 9.66. The van der Waals surface area contributed by atoms with Gasteiger partial charge < -0.3 is 9.47 Å². The fourth-order valence-corrected chi connectivity index (χ4v) is 2.48. The molecule has 0 N–H and O–H groups in total. The van der Waals surface area contributed by atoms with E-state index in [1.165, 1.54) is 12.2 Å². The summed E-state index contributed by atoms with van der Waals surface area (Å²) in [6.45, 7) is 8.30. The summed E-state index contributed by atoms with van der Waals surface area (Å²) in [4.78, 5) is 23.6. The highest BCUT2D eigenvalue weighted by molar-refractivity contribution is 5.91. The summed E-state index contributed by atoms with van der Waals surface area (Å²) < 4.78 is 10.7. The lowest BCUT2D eigenvalue weighted by molar-refractivity contribution is -0.146. The quantitative estimate of drug-likeness (QED) is 0.243. The van der Waals surface area contributed by atoms with E-state index in [2.05, 4.69) is 13.8 Å². The van der Waals surface area contributed by atoms with Crippen molar-refractivity contribution in [3.63, 3.8) is 0 Å². The van der Waals surface area contributed by atoms with Crippen LogP contribution in [0.1, 0.15) is 91.9 Å². The predicted molar refractivity (Wildman–Crippen MR) is 97.8 cm³/mol. The summed E-state index contributed by atoms with van der Waals surface area (Å²) in [5.74, 6) is -0.927. The number of carbonyl (C=O) groups is 2. The third kappa shape index (κ3) is 12.1.